The molecule has 0 saturated carbocycles. The Balaban J connectivity index is 2.75. The number of halogens is 1. The monoisotopic (exact) mass is 336 g/mol. The molecule has 0 amide bonds. The van der Waals surface area contributed by atoms with E-state index in [2.05, 4.69) is 36.7 Å². The lowest BCUT2D eigenvalue weighted by atomic mass is 9.85. The summed E-state index contributed by atoms with van der Waals surface area (Å²) in [6.07, 6.45) is 0. The molecule has 3 nitrogen and oxygen atoms in total. The van der Waals surface area contributed by atoms with Crippen LogP contribution in [0.4, 0.5) is 0 Å². The van der Waals surface area contributed by atoms with Crippen molar-refractivity contribution in [1.29, 1.82) is 0 Å². The molecule has 0 radical (unpaired) electrons. The summed E-state index contributed by atoms with van der Waals surface area (Å²) in [4.78, 5) is 11.7. The number of ether oxygens (including phenoxy) is 1. The van der Waals surface area contributed by atoms with E-state index in [1.807, 2.05) is 18.2 Å². The van der Waals surface area contributed by atoms with E-state index in [9.17, 15) is 9.90 Å². The predicted octanol–water partition coefficient (Wildman–Crippen LogP) is 4.39. The van der Waals surface area contributed by atoms with Gasteiger partial charge in [-0.2, -0.15) is 0 Å². The van der Waals surface area contributed by atoms with Crippen LogP contribution in [0.15, 0.2) is 28.7 Å². The third-order valence-corrected chi connectivity index (χ3v) is 4.12. The maximum Gasteiger partial charge on any atom is 0.341 e. The molecule has 106 valence electrons. The van der Waals surface area contributed by atoms with Crippen molar-refractivity contribution in [3.05, 3.63) is 39.9 Å². The summed E-state index contributed by atoms with van der Waals surface area (Å²) in [5, 5.41) is 11.8. The van der Waals surface area contributed by atoms with Gasteiger partial charge in [-0.15, -0.1) is 0 Å². The van der Waals surface area contributed by atoms with Gasteiger partial charge in [0.25, 0.3) is 0 Å². The number of carbonyl (C=O) groups is 1. The first-order chi connectivity index (χ1) is 9.25. The van der Waals surface area contributed by atoms with Gasteiger partial charge in [0.05, 0.1) is 11.6 Å². The number of hydrogen-bond donors (Lipinski definition) is 1. The number of fused-ring (bicyclic) bond motifs is 1. The van der Waals surface area contributed by atoms with Crippen molar-refractivity contribution in [2.45, 2.75) is 26.2 Å². The van der Waals surface area contributed by atoms with Crippen LogP contribution < -0.4 is 0 Å². The number of aromatic hydroxyl groups is 1. The minimum absolute atomic E-state index is 0.0178. The number of hydrogen-bond acceptors (Lipinski definition) is 3. The zero-order valence-electron chi connectivity index (χ0n) is 12.0. The summed E-state index contributed by atoms with van der Waals surface area (Å²) in [5.74, 6) is -0.640. The van der Waals surface area contributed by atoms with Gasteiger partial charge in [0.2, 0.25) is 0 Å². The molecule has 0 aliphatic carbocycles. The van der Waals surface area contributed by atoms with E-state index in [4.69, 9.17) is 4.74 Å². The molecule has 2 aromatic carbocycles. The zero-order chi connectivity index (χ0) is 15.1. The number of phenolic OH excluding ortho intramolecular Hbond substituents is 1. The van der Waals surface area contributed by atoms with E-state index in [0.29, 0.717) is 4.47 Å². The molecule has 0 aromatic heterocycles. The van der Waals surface area contributed by atoms with E-state index in [0.717, 1.165) is 10.8 Å². The molecule has 2 rings (SSSR count). The highest BCUT2D eigenvalue weighted by Gasteiger charge is 2.19. The van der Waals surface area contributed by atoms with Gasteiger partial charge >= 0.3 is 5.97 Å². The molecule has 20 heavy (non-hydrogen) atoms. The molecule has 0 bridgehead atoms. The summed E-state index contributed by atoms with van der Waals surface area (Å²) in [5.41, 5.74) is 1.35. The van der Waals surface area contributed by atoms with Crippen molar-refractivity contribution in [3.8, 4) is 5.75 Å². The van der Waals surface area contributed by atoms with Gasteiger partial charge in [-0.05, 0) is 43.7 Å². The molecule has 0 aliphatic heterocycles. The zero-order valence-corrected chi connectivity index (χ0v) is 13.5. The Hall–Kier alpha value is -1.55. The fourth-order valence-corrected chi connectivity index (χ4v) is 2.66. The van der Waals surface area contributed by atoms with Crippen LogP contribution in [0.5, 0.6) is 5.75 Å². The third kappa shape index (κ3) is 2.52. The Kier molecular flexibility index (Phi) is 3.78. The first-order valence-electron chi connectivity index (χ1n) is 6.29. The van der Waals surface area contributed by atoms with Crippen LogP contribution in [0.1, 0.15) is 36.7 Å². The molecule has 0 saturated heterocycles. The lowest BCUT2D eigenvalue weighted by molar-refractivity contribution is 0.0597. The highest BCUT2D eigenvalue weighted by molar-refractivity contribution is 9.10. The van der Waals surface area contributed by atoms with Crippen LogP contribution in [-0.2, 0) is 10.2 Å². The van der Waals surface area contributed by atoms with Gasteiger partial charge in [0.15, 0.2) is 0 Å². The smallest absolute Gasteiger partial charge is 0.341 e. The van der Waals surface area contributed by atoms with Crippen LogP contribution in [-0.4, -0.2) is 18.2 Å². The quantitative estimate of drug-likeness (QED) is 0.785. The second kappa shape index (κ2) is 5.09. The fourth-order valence-electron chi connectivity index (χ4n) is 2.08. The molecular weight excluding hydrogens is 320 g/mol. The second-order valence-electron chi connectivity index (χ2n) is 5.76. The Morgan fingerprint density at radius 1 is 1.25 bits per heavy atom. The van der Waals surface area contributed by atoms with Crippen molar-refractivity contribution in [1.82, 2.24) is 0 Å². The number of benzene rings is 2. The summed E-state index contributed by atoms with van der Waals surface area (Å²) in [7, 11) is 1.30. The number of phenols is 1. The average Bonchev–Trinajstić information content (AvgIpc) is 2.40. The predicted molar refractivity (Wildman–Crippen MR) is 83.4 cm³/mol. The topological polar surface area (TPSA) is 46.5 Å². The van der Waals surface area contributed by atoms with Gasteiger partial charge in [-0.1, -0.05) is 39.0 Å². The number of esters is 1. The largest absolute Gasteiger partial charge is 0.506 e. The Morgan fingerprint density at radius 3 is 2.45 bits per heavy atom. The summed E-state index contributed by atoms with van der Waals surface area (Å²) >= 11 is 3.35. The molecule has 1 N–H and O–H groups in total. The maximum atomic E-state index is 11.7. The Bertz CT molecular complexity index is 684. The van der Waals surface area contributed by atoms with E-state index in [-0.39, 0.29) is 16.7 Å². The maximum absolute atomic E-state index is 11.7. The summed E-state index contributed by atoms with van der Waals surface area (Å²) in [6.45, 7) is 6.39. The van der Waals surface area contributed by atoms with Crippen LogP contribution in [0, 0.1) is 0 Å². The van der Waals surface area contributed by atoms with Crippen LogP contribution in [0.3, 0.4) is 0 Å². The average molecular weight is 337 g/mol. The summed E-state index contributed by atoms with van der Waals surface area (Å²) in [6, 6.07) is 7.67. The Morgan fingerprint density at radius 2 is 1.90 bits per heavy atom. The van der Waals surface area contributed by atoms with Crippen LogP contribution >= 0.6 is 15.9 Å². The van der Waals surface area contributed by atoms with Crippen molar-refractivity contribution in [2.75, 3.05) is 7.11 Å². The molecule has 0 unspecified atom stereocenters. The van der Waals surface area contributed by atoms with Gasteiger partial charge < -0.3 is 9.84 Å². The van der Waals surface area contributed by atoms with E-state index in [1.54, 1.807) is 6.07 Å². The van der Waals surface area contributed by atoms with Gasteiger partial charge in [-0.25, -0.2) is 4.79 Å². The second-order valence-corrected chi connectivity index (χ2v) is 6.56. The van der Waals surface area contributed by atoms with Gasteiger partial charge in [0, 0.05) is 0 Å². The van der Waals surface area contributed by atoms with E-state index >= 15 is 0 Å². The molecule has 4 heteroatoms. The SMILES string of the molecule is COC(=O)c1cc2cc(C(C)(C)C)ccc2c(Br)c1O. The Labute approximate surface area is 126 Å². The summed E-state index contributed by atoms with van der Waals surface area (Å²) < 4.78 is 5.21. The van der Waals surface area contributed by atoms with Crippen LogP contribution in [0.2, 0.25) is 0 Å². The van der Waals surface area contributed by atoms with Crippen molar-refractivity contribution >= 4 is 32.7 Å². The lowest BCUT2D eigenvalue weighted by Gasteiger charge is -2.20. The minimum atomic E-state index is -0.550. The fraction of sp³-hybridized carbons (Fsp3) is 0.312. The highest BCUT2D eigenvalue weighted by atomic mass is 79.9. The van der Waals surface area contributed by atoms with E-state index in [1.165, 1.54) is 12.7 Å². The van der Waals surface area contributed by atoms with Crippen molar-refractivity contribution in [3.63, 3.8) is 0 Å². The molecule has 2 aromatic rings. The molecule has 0 atom stereocenters. The highest BCUT2D eigenvalue weighted by Crippen LogP contribution is 2.37. The van der Waals surface area contributed by atoms with Crippen molar-refractivity contribution < 1.29 is 14.6 Å². The minimum Gasteiger partial charge on any atom is -0.506 e. The number of rotatable bonds is 1. The first-order valence-corrected chi connectivity index (χ1v) is 7.09. The number of carbonyl (C=O) groups excluding carboxylic acids is 1. The molecule has 0 spiro atoms. The molecule has 0 aliphatic rings. The van der Waals surface area contributed by atoms with Gasteiger partial charge in [0.1, 0.15) is 11.3 Å². The third-order valence-electron chi connectivity index (χ3n) is 3.32. The first kappa shape index (κ1) is 14.9. The lowest BCUT2D eigenvalue weighted by Crippen LogP contribution is -2.10. The normalized spacial score (nSPS) is 11.7. The molecule has 0 heterocycles. The number of methoxy groups -OCH3 is 1. The van der Waals surface area contributed by atoms with E-state index < -0.39 is 5.97 Å². The molecular formula is C16H17BrO3. The van der Waals surface area contributed by atoms with Gasteiger partial charge in [-0.3, -0.25) is 0 Å². The van der Waals surface area contributed by atoms with Crippen molar-refractivity contribution in [2.24, 2.45) is 0 Å². The standard InChI is InChI=1S/C16H17BrO3/c1-16(2,3)10-5-6-11-9(7-10)8-12(15(19)20-4)14(18)13(11)17/h5-8,18H,1-4H3. The van der Waals surface area contributed by atoms with Crippen LogP contribution in [0.25, 0.3) is 10.8 Å². The molecule has 0 fully saturated rings.